The Bertz CT molecular complexity index is 72.3. The Morgan fingerprint density at radius 3 is 1.07 bits per heavy atom. The first-order valence-electron chi connectivity index (χ1n) is 3.40. The molecule has 15 heavy (non-hydrogen) atoms. The minimum Gasteiger partial charge on any atom is -0.870 e. The molecule has 0 aromatic carbocycles. The van der Waals surface area contributed by atoms with Crippen LogP contribution in [-0.2, 0) is 0 Å². The molecule has 0 aliphatic rings. The van der Waals surface area contributed by atoms with Crippen molar-refractivity contribution in [2.24, 2.45) is 0 Å². The fraction of sp³-hybridized carbons (Fsp3) is 1.00. The first-order valence-corrected chi connectivity index (χ1v) is 3.40. The van der Waals surface area contributed by atoms with Crippen LogP contribution in [0.15, 0.2) is 0 Å². The van der Waals surface area contributed by atoms with Crippen LogP contribution in [0.4, 0.5) is 0 Å². The summed E-state index contributed by atoms with van der Waals surface area (Å²) in [7, 11) is 0. The van der Waals surface area contributed by atoms with Gasteiger partial charge in [-0.15, -0.1) is 0 Å². The second-order valence-electron chi connectivity index (χ2n) is 2.01. The van der Waals surface area contributed by atoms with Crippen LogP contribution in [0.25, 0.3) is 0 Å². The standard InChI is InChI=1S/C6H15NO3.K.2Na.2H2O.H/c8-4-1-7(2-5-9)3-6-10;;;;;;/h8-10H,1-6H2;;;;2*1H2;/q;+1;;+1;;;/p-2. The summed E-state index contributed by atoms with van der Waals surface area (Å²) in [6, 6.07) is 0. The molecule has 0 bridgehead atoms. The van der Waals surface area contributed by atoms with Crippen molar-refractivity contribution in [2.45, 2.75) is 0 Å². The van der Waals surface area contributed by atoms with Crippen LogP contribution >= 0.6 is 0 Å². The van der Waals surface area contributed by atoms with Crippen molar-refractivity contribution in [1.29, 1.82) is 0 Å². The number of hydrogen-bond donors (Lipinski definition) is 3. The Morgan fingerprint density at radius 1 is 0.733 bits per heavy atom. The van der Waals surface area contributed by atoms with Crippen LogP contribution in [0.5, 0.6) is 0 Å². The third-order valence-corrected chi connectivity index (χ3v) is 1.25. The van der Waals surface area contributed by atoms with Gasteiger partial charge < -0.3 is 26.3 Å². The quantitative estimate of drug-likeness (QED) is 0.411. The number of aliphatic hydroxyl groups is 3. The van der Waals surface area contributed by atoms with E-state index in [0.717, 1.165) is 0 Å². The Morgan fingerprint density at radius 2 is 0.933 bits per heavy atom. The fourth-order valence-electron chi connectivity index (χ4n) is 0.760. The maximum Gasteiger partial charge on any atom is -0.870 e. The van der Waals surface area contributed by atoms with Crippen LogP contribution in [0, 0.1) is 0 Å². The molecule has 0 unspecified atom stereocenters. The van der Waals surface area contributed by atoms with Crippen molar-refractivity contribution < 1.29 is 107 Å². The SMILES string of the molecule is OCCN(CCO)CCO.[K+].[Na+].[NaH].[OH-].[OH-]. The van der Waals surface area contributed by atoms with E-state index in [-0.39, 0.29) is 141 Å². The minimum atomic E-state index is 0. The summed E-state index contributed by atoms with van der Waals surface area (Å²) >= 11 is 0. The molecule has 0 radical (unpaired) electrons. The van der Waals surface area contributed by atoms with Crippen molar-refractivity contribution in [3.63, 3.8) is 0 Å². The first kappa shape index (κ1) is 36.2. The van der Waals surface area contributed by atoms with Crippen LogP contribution in [0.2, 0.25) is 0 Å². The number of rotatable bonds is 6. The summed E-state index contributed by atoms with van der Waals surface area (Å²) in [5.41, 5.74) is 0. The van der Waals surface area contributed by atoms with Gasteiger partial charge in [-0.1, -0.05) is 0 Å². The Balaban J connectivity index is -0.0000000405. The molecule has 0 amide bonds. The Kier molecular flexibility index (Phi) is 73.5. The molecule has 0 fully saturated rings. The number of nitrogens with zero attached hydrogens (tertiary/aromatic N) is 1. The molecule has 0 aliphatic heterocycles. The maximum absolute atomic E-state index is 8.48. The smallest absolute Gasteiger partial charge is 0.870 e. The van der Waals surface area contributed by atoms with Gasteiger partial charge in [0.2, 0.25) is 0 Å². The molecule has 0 heterocycles. The molecule has 0 aliphatic carbocycles. The molecule has 6 nitrogen and oxygen atoms in total. The van der Waals surface area contributed by atoms with Crippen molar-refractivity contribution in [3.8, 4) is 0 Å². The second-order valence-corrected chi connectivity index (χ2v) is 2.01. The van der Waals surface area contributed by atoms with Crippen molar-refractivity contribution in [2.75, 3.05) is 39.5 Å². The van der Waals surface area contributed by atoms with E-state index >= 15 is 0 Å². The third kappa shape index (κ3) is 26.8. The van der Waals surface area contributed by atoms with Gasteiger partial charge in [0.25, 0.3) is 0 Å². The molecule has 0 spiro atoms. The van der Waals surface area contributed by atoms with E-state index in [0.29, 0.717) is 19.6 Å². The Hall–Kier alpha value is 3.40. The van der Waals surface area contributed by atoms with E-state index in [2.05, 4.69) is 0 Å². The molecule has 0 saturated heterocycles. The second kappa shape index (κ2) is 30.4. The zero-order valence-corrected chi connectivity index (χ0v) is 14.0. The van der Waals surface area contributed by atoms with Crippen LogP contribution in [0.1, 0.15) is 0 Å². The van der Waals surface area contributed by atoms with Crippen LogP contribution in [-0.4, -0.2) is 100 Å². The van der Waals surface area contributed by atoms with Gasteiger partial charge in [-0.05, 0) is 0 Å². The first-order chi connectivity index (χ1) is 4.85. The van der Waals surface area contributed by atoms with E-state index in [1.807, 2.05) is 0 Å². The van der Waals surface area contributed by atoms with Gasteiger partial charge in [0.05, 0.1) is 19.8 Å². The van der Waals surface area contributed by atoms with Crippen molar-refractivity contribution in [3.05, 3.63) is 0 Å². The summed E-state index contributed by atoms with van der Waals surface area (Å²) in [6.45, 7) is 1.75. The molecular weight excluding hydrogens is 251 g/mol. The molecule has 0 rings (SSSR count). The summed E-state index contributed by atoms with van der Waals surface area (Å²) < 4.78 is 0. The predicted molar refractivity (Wildman–Crippen MR) is 48.7 cm³/mol. The molecule has 0 atom stereocenters. The van der Waals surface area contributed by atoms with Crippen molar-refractivity contribution >= 4 is 29.6 Å². The van der Waals surface area contributed by atoms with Gasteiger partial charge >= 0.3 is 110 Å². The summed E-state index contributed by atoms with van der Waals surface area (Å²) in [6.07, 6.45) is 0. The average Bonchev–Trinajstić information content (AvgIpc) is 1.90. The normalized spacial score (nSPS) is 7.20. The van der Waals surface area contributed by atoms with E-state index in [4.69, 9.17) is 15.3 Å². The fourth-order valence-corrected chi connectivity index (χ4v) is 0.760. The van der Waals surface area contributed by atoms with Crippen LogP contribution < -0.4 is 80.9 Å². The van der Waals surface area contributed by atoms with Gasteiger partial charge in [0, 0.05) is 19.6 Å². The largest absolute Gasteiger partial charge is 0.870 e. The molecular formula is C6H18KNNa2O5. The molecule has 0 aromatic rings. The monoisotopic (exact) mass is 269 g/mol. The molecule has 5 N–H and O–H groups in total. The van der Waals surface area contributed by atoms with E-state index in [9.17, 15) is 0 Å². The molecule has 0 aromatic heterocycles. The summed E-state index contributed by atoms with van der Waals surface area (Å²) in [4.78, 5) is 1.79. The third-order valence-electron chi connectivity index (χ3n) is 1.25. The topological polar surface area (TPSA) is 124 Å². The van der Waals surface area contributed by atoms with E-state index in [1.54, 1.807) is 4.90 Å². The average molecular weight is 269 g/mol. The number of aliphatic hydroxyl groups excluding tert-OH is 3. The van der Waals surface area contributed by atoms with Crippen molar-refractivity contribution in [1.82, 2.24) is 4.90 Å². The molecule has 80 valence electrons. The van der Waals surface area contributed by atoms with Gasteiger partial charge in [-0.25, -0.2) is 0 Å². The zero-order chi connectivity index (χ0) is 7.82. The van der Waals surface area contributed by atoms with Gasteiger partial charge in [-0.2, -0.15) is 0 Å². The zero-order valence-electron chi connectivity index (χ0n) is 8.93. The predicted octanol–water partition coefficient (Wildman–Crippen LogP) is -8.73. The van der Waals surface area contributed by atoms with E-state index in [1.165, 1.54) is 0 Å². The minimum absolute atomic E-state index is 0. The van der Waals surface area contributed by atoms with Gasteiger partial charge in [0.1, 0.15) is 0 Å². The van der Waals surface area contributed by atoms with Gasteiger partial charge in [-0.3, -0.25) is 4.90 Å². The van der Waals surface area contributed by atoms with Gasteiger partial charge in [0.15, 0.2) is 0 Å². The number of hydrogen-bond acceptors (Lipinski definition) is 6. The maximum atomic E-state index is 8.48. The molecule has 0 saturated carbocycles. The Labute approximate surface area is 177 Å². The van der Waals surface area contributed by atoms with E-state index < -0.39 is 0 Å². The summed E-state index contributed by atoms with van der Waals surface area (Å²) in [5, 5.41) is 25.5. The van der Waals surface area contributed by atoms with Crippen LogP contribution in [0.3, 0.4) is 0 Å². The summed E-state index contributed by atoms with van der Waals surface area (Å²) in [5.74, 6) is 0. The molecule has 9 heteroatoms.